The SMILES string of the molecule is COc1ccc(F)cc1C(=O)Cn1cnc2scc(-c3ccc(C)s3)c2c1=O. The zero-order valence-corrected chi connectivity index (χ0v) is 16.7. The summed E-state index contributed by atoms with van der Waals surface area (Å²) in [5.41, 5.74) is 0.616. The summed E-state index contributed by atoms with van der Waals surface area (Å²) < 4.78 is 20.0. The third-order valence-corrected chi connectivity index (χ3v) is 6.26. The van der Waals surface area contributed by atoms with Crippen molar-refractivity contribution in [2.24, 2.45) is 0 Å². The molecule has 0 aliphatic heterocycles. The summed E-state index contributed by atoms with van der Waals surface area (Å²) >= 11 is 2.99. The number of rotatable bonds is 5. The van der Waals surface area contributed by atoms with Gasteiger partial charge in [0, 0.05) is 20.7 Å². The van der Waals surface area contributed by atoms with Gasteiger partial charge in [-0.2, -0.15) is 0 Å². The van der Waals surface area contributed by atoms with Crippen molar-refractivity contribution in [3.05, 3.63) is 68.7 Å². The lowest BCUT2D eigenvalue weighted by Crippen LogP contribution is -2.24. The van der Waals surface area contributed by atoms with Gasteiger partial charge in [-0.3, -0.25) is 14.2 Å². The van der Waals surface area contributed by atoms with Crippen molar-refractivity contribution in [2.45, 2.75) is 13.5 Å². The maximum atomic E-state index is 13.6. The molecular weight excluding hydrogens is 399 g/mol. The lowest BCUT2D eigenvalue weighted by Gasteiger charge is -2.09. The number of benzene rings is 1. The van der Waals surface area contributed by atoms with Gasteiger partial charge in [-0.25, -0.2) is 9.37 Å². The molecule has 4 aromatic rings. The van der Waals surface area contributed by atoms with Gasteiger partial charge in [0.2, 0.25) is 0 Å². The summed E-state index contributed by atoms with van der Waals surface area (Å²) in [6.45, 7) is 1.75. The first-order chi connectivity index (χ1) is 13.5. The minimum absolute atomic E-state index is 0.0916. The summed E-state index contributed by atoms with van der Waals surface area (Å²) in [6.07, 6.45) is 1.36. The Bertz CT molecular complexity index is 1260. The minimum atomic E-state index is -0.543. The van der Waals surface area contributed by atoms with Crippen LogP contribution in [0, 0.1) is 12.7 Å². The molecular formula is C20H15FN2O3S2. The highest BCUT2D eigenvalue weighted by Crippen LogP contribution is 2.34. The second-order valence-corrected chi connectivity index (χ2v) is 8.33. The maximum absolute atomic E-state index is 13.6. The van der Waals surface area contributed by atoms with Crippen LogP contribution in [0.25, 0.3) is 20.7 Å². The highest BCUT2D eigenvalue weighted by atomic mass is 32.1. The number of Topliss-reactive ketones (excluding diaryl/α,β-unsaturated/α-hetero) is 1. The predicted octanol–water partition coefficient (Wildman–Crippen LogP) is 4.53. The largest absolute Gasteiger partial charge is 0.496 e. The molecule has 0 N–H and O–H groups in total. The third kappa shape index (κ3) is 3.25. The number of hydrogen-bond acceptors (Lipinski definition) is 6. The average molecular weight is 414 g/mol. The summed E-state index contributed by atoms with van der Waals surface area (Å²) in [5, 5.41) is 2.40. The summed E-state index contributed by atoms with van der Waals surface area (Å²) in [7, 11) is 1.41. The molecule has 0 unspecified atom stereocenters. The lowest BCUT2D eigenvalue weighted by atomic mass is 10.1. The van der Waals surface area contributed by atoms with Crippen LogP contribution in [0.4, 0.5) is 4.39 Å². The molecule has 3 heterocycles. The first kappa shape index (κ1) is 18.5. The van der Waals surface area contributed by atoms with Crippen LogP contribution in [0.5, 0.6) is 5.75 Å². The van der Waals surface area contributed by atoms with Crippen LogP contribution in [0.3, 0.4) is 0 Å². The molecule has 0 aliphatic carbocycles. The van der Waals surface area contributed by atoms with Gasteiger partial charge in [-0.1, -0.05) is 0 Å². The van der Waals surface area contributed by atoms with E-state index in [1.54, 1.807) is 11.3 Å². The van der Waals surface area contributed by atoms with E-state index in [4.69, 9.17) is 4.74 Å². The van der Waals surface area contributed by atoms with Crippen molar-refractivity contribution in [3.8, 4) is 16.2 Å². The molecule has 0 saturated heterocycles. The van der Waals surface area contributed by atoms with Gasteiger partial charge in [-0.15, -0.1) is 22.7 Å². The zero-order chi connectivity index (χ0) is 19.8. The number of ether oxygens (including phenoxy) is 1. The Morgan fingerprint density at radius 3 is 2.82 bits per heavy atom. The van der Waals surface area contributed by atoms with E-state index in [-0.39, 0.29) is 23.4 Å². The van der Waals surface area contributed by atoms with E-state index in [1.165, 1.54) is 41.5 Å². The summed E-state index contributed by atoms with van der Waals surface area (Å²) in [6, 6.07) is 7.70. The van der Waals surface area contributed by atoms with Crippen LogP contribution < -0.4 is 10.3 Å². The van der Waals surface area contributed by atoms with Crippen molar-refractivity contribution < 1.29 is 13.9 Å². The van der Waals surface area contributed by atoms with Gasteiger partial charge in [0.15, 0.2) is 5.78 Å². The molecule has 28 heavy (non-hydrogen) atoms. The Hall–Kier alpha value is -2.84. The normalized spacial score (nSPS) is 11.1. The average Bonchev–Trinajstić information content (AvgIpc) is 3.30. The lowest BCUT2D eigenvalue weighted by molar-refractivity contribution is 0.0967. The number of hydrogen-bond donors (Lipinski definition) is 0. The Morgan fingerprint density at radius 2 is 2.11 bits per heavy atom. The van der Waals surface area contributed by atoms with E-state index in [0.717, 1.165) is 21.4 Å². The zero-order valence-electron chi connectivity index (χ0n) is 15.1. The smallest absolute Gasteiger partial charge is 0.263 e. The fourth-order valence-corrected chi connectivity index (χ4v) is 4.84. The number of fused-ring (bicyclic) bond motifs is 1. The number of aromatic nitrogens is 2. The van der Waals surface area contributed by atoms with E-state index in [9.17, 15) is 14.0 Å². The molecule has 0 fully saturated rings. The first-order valence-electron chi connectivity index (χ1n) is 8.38. The number of ketones is 1. The third-order valence-electron chi connectivity index (χ3n) is 4.34. The van der Waals surface area contributed by atoms with Gasteiger partial charge in [0.25, 0.3) is 5.56 Å². The van der Waals surface area contributed by atoms with E-state index >= 15 is 0 Å². The quantitative estimate of drug-likeness (QED) is 0.450. The Kier molecular flexibility index (Phi) is 4.82. The van der Waals surface area contributed by atoms with Crippen molar-refractivity contribution in [1.82, 2.24) is 9.55 Å². The van der Waals surface area contributed by atoms with Crippen LogP contribution >= 0.6 is 22.7 Å². The second kappa shape index (κ2) is 7.29. The Morgan fingerprint density at radius 1 is 1.29 bits per heavy atom. The van der Waals surface area contributed by atoms with Gasteiger partial charge < -0.3 is 4.74 Å². The van der Waals surface area contributed by atoms with Crippen LogP contribution in [-0.4, -0.2) is 22.4 Å². The van der Waals surface area contributed by atoms with Crippen molar-refractivity contribution >= 4 is 38.7 Å². The van der Waals surface area contributed by atoms with E-state index in [0.29, 0.717) is 10.2 Å². The van der Waals surface area contributed by atoms with Crippen LogP contribution in [-0.2, 0) is 6.54 Å². The molecule has 0 radical (unpaired) electrons. The fraction of sp³-hybridized carbons (Fsp3) is 0.150. The molecule has 0 atom stereocenters. The van der Waals surface area contributed by atoms with Crippen LogP contribution in [0.15, 0.2) is 46.8 Å². The van der Waals surface area contributed by atoms with Gasteiger partial charge >= 0.3 is 0 Å². The number of halogens is 1. The van der Waals surface area contributed by atoms with Crippen LogP contribution in [0.1, 0.15) is 15.2 Å². The number of nitrogens with zero attached hydrogens (tertiary/aromatic N) is 2. The number of methoxy groups -OCH3 is 1. The molecule has 0 bridgehead atoms. The first-order valence-corrected chi connectivity index (χ1v) is 10.1. The minimum Gasteiger partial charge on any atom is -0.496 e. The Balaban J connectivity index is 1.76. The molecule has 4 rings (SSSR count). The van der Waals surface area contributed by atoms with E-state index < -0.39 is 11.6 Å². The molecule has 142 valence electrons. The van der Waals surface area contributed by atoms with Gasteiger partial charge in [0.05, 0.1) is 30.9 Å². The molecule has 1 aromatic carbocycles. The second-order valence-electron chi connectivity index (χ2n) is 6.19. The van der Waals surface area contributed by atoms with Crippen LogP contribution in [0.2, 0.25) is 0 Å². The highest BCUT2D eigenvalue weighted by Gasteiger charge is 2.18. The number of carbonyl (C=O) groups excluding carboxylic acids is 1. The van der Waals surface area contributed by atoms with Crippen molar-refractivity contribution in [1.29, 1.82) is 0 Å². The number of carbonyl (C=O) groups is 1. The number of aryl methyl sites for hydroxylation is 1. The molecule has 5 nitrogen and oxygen atoms in total. The molecule has 8 heteroatoms. The maximum Gasteiger partial charge on any atom is 0.263 e. The topological polar surface area (TPSA) is 61.2 Å². The molecule has 0 saturated carbocycles. The molecule has 0 aliphatic rings. The van der Waals surface area contributed by atoms with Gasteiger partial charge in [0.1, 0.15) is 16.4 Å². The highest BCUT2D eigenvalue weighted by molar-refractivity contribution is 7.19. The molecule has 0 amide bonds. The van der Waals surface area contributed by atoms with Gasteiger partial charge in [-0.05, 0) is 37.3 Å². The fourth-order valence-electron chi connectivity index (χ4n) is 2.98. The van der Waals surface area contributed by atoms with Crippen molar-refractivity contribution in [2.75, 3.05) is 7.11 Å². The van der Waals surface area contributed by atoms with E-state index in [2.05, 4.69) is 4.98 Å². The molecule has 3 aromatic heterocycles. The molecule has 0 spiro atoms. The van der Waals surface area contributed by atoms with Crippen molar-refractivity contribution in [3.63, 3.8) is 0 Å². The standard InChI is InChI=1S/C20H15FN2O3S2/c1-11-3-6-17(28-11)14-9-27-19-18(14)20(25)23(10-22-19)8-15(24)13-7-12(21)4-5-16(13)26-2/h3-7,9-10H,8H2,1-2H3. The summed E-state index contributed by atoms with van der Waals surface area (Å²) in [5.74, 6) is -0.708. The number of thiophene rings is 2. The summed E-state index contributed by atoms with van der Waals surface area (Å²) in [4.78, 5) is 32.8. The monoisotopic (exact) mass is 414 g/mol. The Labute approximate surface area is 167 Å². The van der Waals surface area contributed by atoms with E-state index in [1.807, 2.05) is 24.4 Å². The predicted molar refractivity (Wildman–Crippen MR) is 109 cm³/mol.